The van der Waals surface area contributed by atoms with Crippen LogP contribution in [0.2, 0.25) is 0 Å². The van der Waals surface area contributed by atoms with E-state index in [4.69, 9.17) is 9.47 Å². The third kappa shape index (κ3) is 4.89. The van der Waals surface area contributed by atoms with Crippen LogP contribution in [0, 0.1) is 0 Å². The largest absolute Gasteiger partial charge is 0.379 e. The lowest BCUT2D eigenvalue weighted by molar-refractivity contribution is 0.0314. The van der Waals surface area contributed by atoms with E-state index in [9.17, 15) is 0 Å². The Morgan fingerprint density at radius 1 is 1.24 bits per heavy atom. The van der Waals surface area contributed by atoms with Crippen molar-refractivity contribution in [2.45, 2.75) is 6.04 Å². The van der Waals surface area contributed by atoms with Crippen molar-refractivity contribution in [2.75, 3.05) is 72.7 Å². The molecule has 0 saturated carbocycles. The van der Waals surface area contributed by atoms with Crippen LogP contribution in [0.5, 0.6) is 0 Å². The van der Waals surface area contributed by atoms with E-state index in [0.717, 1.165) is 65.7 Å². The van der Waals surface area contributed by atoms with Gasteiger partial charge in [-0.25, -0.2) is 0 Å². The molecule has 0 aromatic heterocycles. The molecule has 100 valence electrons. The molecule has 2 aliphatic heterocycles. The van der Waals surface area contributed by atoms with Gasteiger partial charge in [0, 0.05) is 45.3 Å². The Kier molecular flexibility index (Phi) is 5.67. The summed E-state index contributed by atoms with van der Waals surface area (Å²) in [5.74, 6) is 0. The first-order valence-corrected chi connectivity index (χ1v) is 6.64. The highest BCUT2D eigenvalue weighted by atomic mass is 16.5. The Bertz CT molecular complexity index is 204. The highest BCUT2D eigenvalue weighted by Gasteiger charge is 2.16. The highest BCUT2D eigenvalue weighted by Crippen LogP contribution is 1.99. The molecule has 2 saturated heterocycles. The maximum atomic E-state index is 5.46. The fraction of sp³-hybridized carbons (Fsp3) is 1.00. The SMILES string of the molecule is CN(CCN1CCOCC1)CC1COCCN1. The van der Waals surface area contributed by atoms with Gasteiger partial charge in [-0.2, -0.15) is 0 Å². The van der Waals surface area contributed by atoms with Gasteiger partial charge in [-0.3, -0.25) is 4.90 Å². The van der Waals surface area contributed by atoms with E-state index in [-0.39, 0.29) is 0 Å². The number of hydrogen-bond donors (Lipinski definition) is 1. The molecule has 5 heteroatoms. The maximum absolute atomic E-state index is 5.46. The molecule has 0 radical (unpaired) electrons. The van der Waals surface area contributed by atoms with Crippen molar-refractivity contribution in [3.05, 3.63) is 0 Å². The molecule has 0 spiro atoms. The molecule has 5 nitrogen and oxygen atoms in total. The van der Waals surface area contributed by atoms with Crippen molar-refractivity contribution in [2.24, 2.45) is 0 Å². The highest BCUT2D eigenvalue weighted by molar-refractivity contribution is 4.74. The van der Waals surface area contributed by atoms with Crippen LogP contribution in [-0.4, -0.2) is 88.6 Å². The van der Waals surface area contributed by atoms with Crippen LogP contribution in [0.4, 0.5) is 0 Å². The van der Waals surface area contributed by atoms with E-state index >= 15 is 0 Å². The summed E-state index contributed by atoms with van der Waals surface area (Å²) in [7, 11) is 2.19. The van der Waals surface area contributed by atoms with Crippen molar-refractivity contribution >= 4 is 0 Å². The van der Waals surface area contributed by atoms with E-state index in [0.29, 0.717) is 6.04 Å². The summed E-state index contributed by atoms with van der Waals surface area (Å²) in [6, 6.07) is 0.499. The molecule has 2 fully saturated rings. The number of rotatable bonds is 5. The van der Waals surface area contributed by atoms with Gasteiger partial charge in [0.2, 0.25) is 0 Å². The van der Waals surface area contributed by atoms with E-state index in [1.54, 1.807) is 0 Å². The average molecular weight is 243 g/mol. The average Bonchev–Trinajstić information content (AvgIpc) is 2.39. The topological polar surface area (TPSA) is 37.0 Å². The van der Waals surface area contributed by atoms with E-state index in [1.165, 1.54) is 0 Å². The Labute approximate surface area is 104 Å². The number of nitrogens with one attached hydrogen (secondary N) is 1. The molecule has 0 aromatic carbocycles. The predicted octanol–water partition coefficient (Wildman–Crippen LogP) is -0.761. The minimum atomic E-state index is 0.499. The van der Waals surface area contributed by atoms with Gasteiger partial charge in [-0.05, 0) is 7.05 Å². The quantitative estimate of drug-likeness (QED) is 0.687. The summed E-state index contributed by atoms with van der Waals surface area (Å²) >= 11 is 0. The minimum absolute atomic E-state index is 0.499. The van der Waals surface area contributed by atoms with E-state index in [2.05, 4.69) is 22.2 Å². The molecule has 1 atom stereocenters. The number of ether oxygens (including phenoxy) is 2. The standard InChI is InChI=1S/C12H25N3O2/c1-14(10-12-11-17-7-2-13-12)3-4-15-5-8-16-9-6-15/h12-13H,2-11H2,1H3. The van der Waals surface area contributed by atoms with Gasteiger partial charge in [-0.15, -0.1) is 0 Å². The zero-order valence-corrected chi connectivity index (χ0v) is 10.9. The van der Waals surface area contributed by atoms with Crippen LogP contribution in [0.25, 0.3) is 0 Å². The minimum Gasteiger partial charge on any atom is -0.379 e. The first-order chi connectivity index (χ1) is 8.34. The Hall–Kier alpha value is -0.200. The van der Waals surface area contributed by atoms with Crippen molar-refractivity contribution < 1.29 is 9.47 Å². The van der Waals surface area contributed by atoms with Crippen molar-refractivity contribution in [1.29, 1.82) is 0 Å². The van der Waals surface area contributed by atoms with Crippen LogP contribution < -0.4 is 5.32 Å². The summed E-state index contributed by atoms with van der Waals surface area (Å²) in [5.41, 5.74) is 0. The van der Waals surface area contributed by atoms with Crippen LogP contribution >= 0.6 is 0 Å². The zero-order chi connectivity index (χ0) is 11.9. The smallest absolute Gasteiger partial charge is 0.0632 e. The Morgan fingerprint density at radius 2 is 2.06 bits per heavy atom. The second-order valence-electron chi connectivity index (χ2n) is 4.94. The van der Waals surface area contributed by atoms with Crippen LogP contribution in [0.15, 0.2) is 0 Å². The summed E-state index contributed by atoms with van der Waals surface area (Å²) in [4.78, 5) is 4.87. The Morgan fingerprint density at radius 3 is 2.76 bits per heavy atom. The molecule has 0 aromatic rings. The van der Waals surface area contributed by atoms with Gasteiger partial charge in [0.05, 0.1) is 26.4 Å². The van der Waals surface area contributed by atoms with E-state index < -0.39 is 0 Å². The number of morpholine rings is 2. The summed E-state index contributed by atoms with van der Waals surface area (Å²) < 4.78 is 10.8. The van der Waals surface area contributed by atoms with Crippen molar-refractivity contribution in [1.82, 2.24) is 15.1 Å². The molecule has 1 N–H and O–H groups in total. The van der Waals surface area contributed by atoms with Crippen molar-refractivity contribution in [3.8, 4) is 0 Å². The second-order valence-corrected chi connectivity index (χ2v) is 4.94. The third-order valence-electron chi connectivity index (χ3n) is 3.43. The second kappa shape index (κ2) is 7.28. The molecule has 2 rings (SSSR count). The molecule has 0 amide bonds. The number of hydrogen-bond acceptors (Lipinski definition) is 5. The lowest BCUT2D eigenvalue weighted by Crippen LogP contribution is -2.49. The Balaban J connectivity index is 1.57. The van der Waals surface area contributed by atoms with Crippen LogP contribution in [0.3, 0.4) is 0 Å². The fourth-order valence-corrected chi connectivity index (χ4v) is 2.34. The van der Waals surface area contributed by atoms with Gasteiger partial charge >= 0.3 is 0 Å². The molecule has 0 aliphatic carbocycles. The van der Waals surface area contributed by atoms with Crippen molar-refractivity contribution in [3.63, 3.8) is 0 Å². The molecule has 1 unspecified atom stereocenters. The van der Waals surface area contributed by atoms with Gasteiger partial charge in [-0.1, -0.05) is 0 Å². The lowest BCUT2D eigenvalue weighted by atomic mass is 10.2. The zero-order valence-electron chi connectivity index (χ0n) is 10.9. The first-order valence-electron chi connectivity index (χ1n) is 6.64. The third-order valence-corrected chi connectivity index (χ3v) is 3.43. The first kappa shape index (κ1) is 13.2. The summed E-state index contributed by atoms with van der Waals surface area (Å²) in [6.07, 6.45) is 0. The molecule has 2 aliphatic rings. The van der Waals surface area contributed by atoms with Gasteiger partial charge in [0.15, 0.2) is 0 Å². The van der Waals surface area contributed by atoms with Gasteiger partial charge < -0.3 is 19.7 Å². The fourth-order valence-electron chi connectivity index (χ4n) is 2.34. The molecular formula is C12H25N3O2. The summed E-state index contributed by atoms with van der Waals surface area (Å²) in [6.45, 7) is 9.98. The molecule has 17 heavy (non-hydrogen) atoms. The predicted molar refractivity (Wildman–Crippen MR) is 67.4 cm³/mol. The number of nitrogens with zero attached hydrogens (tertiary/aromatic N) is 2. The van der Waals surface area contributed by atoms with Crippen LogP contribution in [-0.2, 0) is 9.47 Å². The van der Waals surface area contributed by atoms with Crippen LogP contribution in [0.1, 0.15) is 0 Å². The molecule has 0 bridgehead atoms. The van der Waals surface area contributed by atoms with E-state index in [1.807, 2.05) is 0 Å². The maximum Gasteiger partial charge on any atom is 0.0632 e. The summed E-state index contributed by atoms with van der Waals surface area (Å²) in [5, 5.41) is 3.49. The normalized spacial score (nSPS) is 27.5. The van der Waals surface area contributed by atoms with Gasteiger partial charge in [0.25, 0.3) is 0 Å². The van der Waals surface area contributed by atoms with Gasteiger partial charge in [0.1, 0.15) is 0 Å². The monoisotopic (exact) mass is 243 g/mol. The lowest BCUT2D eigenvalue weighted by Gasteiger charge is -2.31. The molecule has 2 heterocycles. The molecular weight excluding hydrogens is 218 g/mol. The number of likely N-dealkylation sites (N-methyl/N-ethyl adjacent to an activating group) is 1.